The van der Waals surface area contributed by atoms with E-state index in [2.05, 4.69) is 27.1 Å². The van der Waals surface area contributed by atoms with Crippen LogP contribution >= 0.6 is 11.8 Å². The summed E-state index contributed by atoms with van der Waals surface area (Å²) in [7, 11) is 0. The largest absolute Gasteiger partial charge is 0.436 e. The fraction of sp³-hybridized carbons (Fsp3) is 0.450. The molecule has 1 amide bonds. The normalized spacial score (nSPS) is 14.0. The third-order valence-electron chi connectivity index (χ3n) is 4.35. The van der Waals surface area contributed by atoms with Gasteiger partial charge in [0.25, 0.3) is 11.8 Å². The molecule has 3 rings (SSSR count). The SMILES string of the molecule is CCCCCNC(=O)c1ccc(Oc2nccnc2N2CCSCC2)cc1. The molecule has 0 radical (unpaired) electrons. The fourth-order valence-corrected chi connectivity index (χ4v) is 3.75. The molecule has 1 N–H and O–H groups in total. The minimum absolute atomic E-state index is 0.0522. The van der Waals surface area contributed by atoms with Crippen LogP contribution in [0.4, 0.5) is 5.82 Å². The highest BCUT2D eigenvalue weighted by Gasteiger charge is 2.18. The number of nitrogens with zero attached hydrogens (tertiary/aromatic N) is 3. The summed E-state index contributed by atoms with van der Waals surface area (Å²) < 4.78 is 5.96. The monoisotopic (exact) mass is 386 g/mol. The van der Waals surface area contributed by atoms with Crippen molar-refractivity contribution < 1.29 is 9.53 Å². The lowest BCUT2D eigenvalue weighted by atomic mass is 10.2. The summed E-state index contributed by atoms with van der Waals surface area (Å²) in [6, 6.07) is 7.15. The molecule has 1 aliphatic rings. The van der Waals surface area contributed by atoms with E-state index < -0.39 is 0 Å². The summed E-state index contributed by atoms with van der Waals surface area (Å²) in [5, 5.41) is 2.94. The van der Waals surface area contributed by atoms with Crippen LogP contribution in [0.15, 0.2) is 36.7 Å². The Balaban J connectivity index is 1.62. The highest BCUT2D eigenvalue weighted by molar-refractivity contribution is 7.99. The van der Waals surface area contributed by atoms with Crippen molar-refractivity contribution in [3.8, 4) is 11.6 Å². The zero-order valence-corrected chi connectivity index (χ0v) is 16.5. The Morgan fingerprint density at radius 1 is 1.15 bits per heavy atom. The van der Waals surface area contributed by atoms with Crippen molar-refractivity contribution in [3.05, 3.63) is 42.2 Å². The van der Waals surface area contributed by atoms with Gasteiger partial charge in [-0.05, 0) is 30.7 Å². The molecule has 6 nitrogen and oxygen atoms in total. The molecule has 7 heteroatoms. The van der Waals surface area contributed by atoms with Crippen molar-refractivity contribution in [2.24, 2.45) is 0 Å². The number of amides is 1. The first-order valence-corrected chi connectivity index (χ1v) is 10.6. The molecule has 0 saturated carbocycles. The van der Waals surface area contributed by atoms with Crippen molar-refractivity contribution in [1.82, 2.24) is 15.3 Å². The topological polar surface area (TPSA) is 67.3 Å². The van der Waals surface area contributed by atoms with E-state index in [0.717, 1.165) is 49.7 Å². The minimum atomic E-state index is -0.0522. The van der Waals surface area contributed by atoms with Crippen LogP contribution in [0.5, 0.6) is 11.6 Å². The number of rotatable bonds is 8. The quantitative estimate of drug-likeness (QED) is 0.697. The van der Waals surface area contributed by atoms with E-state index in [4.69, 9.17) is 4.74 Å². The number of carbonyl (C=O) groups is 1. The summed E-state index contributed by atoms with van der Waals surface area (Å²) >= 11 is 1.95. The highest BCUT2D eigenvalue weighted by atomic mass is 32.2. The van der Waals surface area contributed by atoms with Crippen LogP contribution in [0.1, 0.15) is 36.5 Å². The van der Waals surface area contributed by atoms with Gasteiger partial charge in [0, 0.05) is 49.1 Å². The summed E-state index contributed by atoms with van der Waals surface area (Å²) in [4.78, 5) is 23.2. The van der Waals surface area contributed by atoms with Crippen LogP contribution in [-0.2, 0) is 0 Å². The average molecular weight is 387 g/mol. The van der Waals surface area contributed by atoms with Gasteiger partial charge in [0.2, 0.25) is 0 Å². The van der Waals surface area contributed by atoms with Gasteiger partial charge in [-0.25, -0.2) is 9.97 Å². The molecule has 1 aromatic heterocycles. The average Bonchev–Trinajstić information content (AvgIpc) is 2.73. The van der Waals surface area contributed by atoms with Gasteiger partial charge in [0.1, 0.15) is 5.75 Å². The molecule has 0 unspecified atom stereocenters. The lowest BCUT2D eigenvalue weighted by molar-refractivity contribution is 0.0953. The molecule has 1 fully saturated rings. The summed E-state index contributed by atoms with van der Waals surface area (Å²) in [5.74, 6) is 4.03. The van der Waals surface area contributed by atoms with E-state index in [1.165, 1.54) is 0 Å². The van der Waals surface area contributed by atoms with E-state index >= 15 is 0 Å². The van der Waals surface area contributed by atoms with Gasteiger partial charge >= 0.3 is 0 Å². The molecule has 0 atom stereocenters. The molecule has 1 saturated heterocycles. The number of hydrogen-bond donors (Lipinski definition) is 1. The predicted octanol–water partition coefficient (Wildman–Crippen LogP) is 3.74. The van der Waals surface area contributed by atoms with E-state index in [9.17, 15) is 4.79 Å². The minimum Gasteiger partial charge on any atom is -0.436 e. The Kier molecular flexibility index (Phi) is 7.33. The van der Waals surface area contributed by atoms with E-state index in [1.54, 1.807) is 36.7 Å². The van der Waals surface area contributed by atoms with E-state index in [-0.39, 0.29) is 5.91 Å². The maximum atomic E-state index is 12.2. The molecule has 2 heterocycles. The van der Waals surface area contributed by atoms with Gasteiger partial charge in [-0.3, -0.25) is 4.79 Å². The number of unbranched alkanes of at least 4 members (excludes halogenated alkanes) is 2. The van der Waals surface area contributed by atoms with Gasteiger partial charge in [-0.2, -0.15) is 11.8 Å². The van der Waals surface area contributed by atoms with Crippen LogP contribution in [0.25, 0.3) is 0 Å². The summed E-state index contributed by atoms with van der Waals surface area (Å²) in [5.41, 5.74) is 0.631. The molecule has 144 valence electrons. The fourth-order valence-electron chi connectivity index (χ4n) is 2.85. The van der Waals surface area contributed by atoms with Crippen molar-refractivity contribution >= 4 is 23.5 Å². The van der Waals surface area contributed by atoms with Crippen LogP contribution in [0, 0.1) is 0 Å². The van der Waals surface area contributed by atoms with Crippen molar-refractivity contribution in [3.63, 3.8) is 0 Å². The number of anilines is 1. The van der Waals surface area contributed by atoms with Gasteiger partial charge in [-0.15, -0.1) is 0 Å². The lowest BCUT2D eigenvalue weighted by Gasteiger charge is -2.28. The zero-order chi connectivity index (χ0) is 18.9. The van der Waals surface area contributed by atoms with Gasteiger partial charge in [-0.1, -0.05) is 19.8 Å². The Morgan fingerprint density at radius 3 is 2.63 bits per heavy atom. The molecule has 27 heavy (non-hydrogen) atoms. The number of hydrogen-bond acceptors (Lipinski definition) is 6. The summed E-state index contributed by atoms with van der Waals surface area (Å²) in [6.45, 7) is 4.74. The lowest BCUT2D eigenvalue weighted by Crippen LogP contribution is -2.33. The first-order valence-electron chi connectivity index (χ1n) is 9.47. The molecule has 0 spiro atoms. The van der Waals surface area contributed by atoms with E-state index in [0.29, 0.717) is 23.7 Å². The molecule has 0 aliphatic carbocycles. The van der Waals surface area contributed by atoms with Crippen molar-refractivity contribution in [1.29, 1.82) is 0 Å². The van der Waals surface area contributed by atoms with Gasteiger partial charge in [0.05, 0.1) is 0 Å². The summed E-state index contributed by atoms with van der Waals surface area (Å²) in [6.07, 6.45) is 6.60. The number of nitrogens with one attached hydrogen (secondary N) is 1. The third kappa shape index (κ3) is 5.60. The maximum absolute atomic E-state index is 12.2. The molecule has 1 aromatic carbocycles. The first kappa shape index (κ1) is 19.5. The number of aromatic nitrogens is 2. The van der Waals surface area contributed by atoms with Crippen molar-refractivity contribution in [2.75, 3.05) is 36.0 Å². The number of ether oxygens (including phenoxy) is 1. The van der Waals surface area contributed by atoms with Crippen LogP contribution in [0.3, 0.4) is 0 Å². The van der Waals surface area contributed by atoms with Crippen LogP contribution in [-0.4, -0.2) is 47.0 Å². The number of carbonyl (C=O) groups excluding carboxylic acids is 1. The van der Waals surface area contributed by atoms with Crippen molar-refractivity contribution in [2.45, 2.75) is 26.2 Å². The second kappa shape index (κ2) is 10.2. The Hall–Kier alpha value is -2.28. The van der Waals surface area contributed by atoms with E-state index in [1.807, 2.05) is 11.8 Å². The first-order chi connectivity index (χ1) is 13.3. The molecule has 2 aromatic rings. The molecule has 1 aliphatic heterocycles. The Bertz CT molecular complexity index is 733. The standard InChI is InChI=1S/C20H26N4O2S/c1-2-3-4-9-22-19(25)16-5-7-17(8-6-16)26-20-18(21-10-11-23-20)24-12-14-27-15-13-24/h5-8,10-11H,2-4,9,12-15H2,1H3,(H,22,25). The Morgan fingerprint density at radius 2 is 1.89 bits per heavy atom. The van der Waals surface area contributed by atoms with Gasteiger partial charge < -0.3 is 15.0 Å². The smallest absolute Gasteiger partial charge is 0.263 e. The van der Waals surface area contributed by atoms with Crippen LogP contribution < -0.4 is 15.0 Å². The highest BCUT2D eigenvalue weighted by Crippen LogP contribution is 2.29. The van der Waals surface area contributed by atoms with Gasteiger partial charge in [0.15, 0.2) is 5.82 Å². The second-order valence-electron chi connectivity index (χ2n) is 6.37. The third-order valence-corrected chi connectivity index (χ3v) is 5.30. The molecule has 0 bridgehead atoms. The van der Waals surface area contributed by atoms with Crippen LogP contribution in [0.2, 0.25) is 0 Å². The Labute approximate surface area is 164 Å². The second-order valence-corrected chi connectivity index (χ2v) is 7.60. The molecular weight excluding hydrogens is 360 g/mol. The molecular formula is C20H26N4O2S. The number of benzene rings is 1. The predicted molar refractivity (Wildman–Crippen MR) is 110 cm³/mol. The zero-order valence-electron chi connectivity index (χ0n) is 15.7. The maximum Gasteiger partial charge on any atom is 0.263 e. The number of thioether (sulfide) groups is 1.